The third-order valence-electron chi connectivity index (χ3n) is 3.96. The lowest BCUT2D eigenvalue weighted by molar-refractivity contribution is -0.130. The lowest BCUT2D eigenvalue weighted by atomic mass is 10.1. The van der Waals surface area contributed by atoms with Gasteiger partial charge in [0.2, 0.25) is 5.91 Å². The van der Waals surface area contributed by atoms with Crippen LogP contribution in [0.4, 0.5) is 10.1 Å². The average Bonchev–Trinajstić information content (AvgIpc) is 2.58. The summed E-state index contributed by atoms with van der Waals surface area (Å²) >= 11 is 11.7. The predicted octanol–water partition coefficient (Wildman–Crippen LogP) is 4.10. The van der Waals surface area contributed by atoms with Crippen LogP contribution in [0.5, 0.6) is 5.75 Å². The molecule has 1 heterocycles. The number of para-hydroxylation sites is 2. The molecule has 8 heteroatoms. The second-order valence-corrected chi connectivity index (χ2v) is 6.69. The van der Waals surface area contributed by atoms with E-state index >= 15 is 0 Å². The Morgan fingerprint density at radius 1 is 1.31 bits per heavy atom. The van der Waals surface area contributed by atoms with Gasteiger partial charge in [-0.25, -0.2) is 4.39 Å². The van der Waals surface area contributed by atoms with Crippen LogP contribution in [0.2, 0.25) is 10.0 Å². The van der Waals surface area contributed by atoms with E-state index in [0.29, 0.717) is 17.0 Å². The van der Waals surface area contributed by atoms with Gasteiger partial charge in [0.05, 0.1) is 23.2 Å². The van der Waals surface area contributed by atoms with E-state index in [2.05, 4.69) is 10.6 Å². The van der Waals surface area contributed by atoms with Crippen molar-refractivity contribution in [2.75, 3.05) is 5.32 Å². The summed E-state index contributed by atoms with van der Waals surface area (Å²) in [7, 11) is 0. The maximum Gasteiger partial charge on any atom is 0.266 e. The van der Waals surface area contributed by atoms with E-state index in [1.807, 2.05) is 0 Å². The Bertz CT molecular complexity index is 876. The van der Waals surface area contributed by atoms with Gasteiger partial charge in [-0.1, -0.05) is 35.3 Å². The minimum absolute atomic E-state index is 0.0942. The molecule has 1 aliphatic heterocycles. The largest absolute Gasteiger partial charge is 0.478 e. The van der Waals surface area contributed by atoms with E-state index < -0.39 is 29.8 Å². The normalized spacial score (nSPS) is 16.9. The summed E-state index contributed by atoms with van der Waals surface area (Å²) in [6.45, 7) is 1.66. The molecule has 0 radical (unpaired) electrons. The Morgan fingerprint density at radius 2 is 2.04 bits per heavy atom. The molecule has 0 saturated heterocycles. The van der Waals surface area contributed by atoms with E-state index in [4.69, 9.17) is 27.9 Å². The van der Waals surface area contributed by atoms with Gasteiger partial charge in [-0.15, -0.1) is 0 Å². The maximum absolute atomic E-state index is 13.6. The van der Waals surface area contributed by atoms with Gasteiger partial charge < -0.3 is 15.4 Å². The molecule has 5 nitrogen and oxygen atoms in total. The first-order valence-corrected chi connectivity index (χ1v) is 8.61. The van der Waals surface area contributed by atoms with Crippen molar-refractivity contribution in [3.8, 4) is 5.75 Å². The fourth-order valence-electron chi connectivity index (χ4n) is 2.64. The smallest absolute Gasteiger partial charge is 0.266 e. The summed E-state index contributed by atoms with van der Waals surface area (Å²) in [6.07, 6.45) is -1.13. The molecule has 26 heavy (non-hydrogen) atoms. The number of hydrogen-bond donors (Lipinski definition) is 2. The van der Waals surface area contributed by atoms with E-state index in [1.165, 1.54) is 12.1 Å². The zero-order chi connectivity index (χ0) is 18.8. The van der Waals surface area contributed by atoms with Crippen molar-refractivity contribution in [2.45, 2.75) is 25.5 Å². The zero-order valence-electron chi connectivity index (χ0n) is 13.7. The number of carbonyl (C=O) groups is 2. The lowest BCUT2D eigenvalue weighted by Crippen LogP contribution is -2.41. The molecule has 2 N–H and O–H groups in total. The molecule has 2 aromatic carbocycles. The monoisotopic (exact) mass is 396 g/mol. The number of amides is 2. The molecule has 0 unspecified atom stereocenters. The second-order valence-electron chi connectivity index (χ2n) is 5.87. The van der Waals surface area contributed by atoms with Crippen molar-refractivity contribution in [2.24, 2.45) is 0 Å². The van der Waals surface area contributed by atoms with E-state index in [1.54, 1.807) is 31.2 Å². The Labute approximate surface area is 159 Å². The number of fused-ring (bicyclic) bond motifs is 1. The first kappa shape index (κ1) is 18.5. The van der Waals surface area contributed by atoms with Gasteiger partial charge in [0.1, 0.15) is 11.6 Å². The third-order valence-corrected chi connectivity index (χ3v) is 4.58. The van der Waals surface area contributed by atoms with Crippen LogP contribution in [0, 0.1) is 5.82 Å². The lowest BCUT2D eigenvalue weighted by Gasteiger charge is -2.26. The fourth-order valence-corrected chi connectivity index (χ4v) is 3.19. The molecule has 0 spiro atoms. The quantitative estimate of drug-likeness (QED) is 0.764. The molecule has 2 atom stereocenters. The number of halogens is 3. The van der Waals surface area contributed by atoms with Gasteiger partial charge in [-0.2, -0.15) is 0 Å². The third kappa shape index (κ3) is 3.92. The van der Waals surface area contributed by atoms with Crippen LogP contribution in [-0.2, 0) is 9.59 Å². The number of carbonyl (C=O) groups excluding carboxylic acids is 2. The first-order chi connectivity index (χ1) is 12.3. The highest BCUT2D eigenvalue weighted by Crippen LogP contribution is 2.30. The Balaban J connectivity index is 1.66. The summed E-state index contributed by atoms with van der Waals surface area (Å²) < 4.78 is 19.2. The highest BCUT2D eigenvalue weighted by Gasteiger charge is 2.30. The molecule has 0 bridgehead atoms. The van der Waals surface area contributed by atoms with Crippen LogP contribution >= 0.6 is 23.2 Å². The summed E-state index contributed by atoms with van der Waals surface area (Å²) in [5, 5.41) is 5.52. The Hall–Kier alpha value is -2.31. The standard InChI is InChI=1S/C18H15Cl2FN2O3/c1-9(10-6-13(21)12(20)7-11(10)19)22-17(24)8-16-18(25)23-14-4-2-3-5-15(14)26-16/h2-7,9,16H,8H2,1H3,(H,22,24)(H,23,25)/t9-,16-/m0/s1. The Kier molecular flexibility index (Phi) is 5.34. The van der Waals surface area contributed by atoms with Crippen molar-refractivity contribution in [3.05, 3.63) is 57.8 Å². The molecule has 2 amide bonds. The van der Waals surface area contributed by atoms with Crippen LogP contribution in [0.25, 0.3) is 0 Å². The summed E-state index contributed by atoms with van der Waals surface area (Å²) in [5.41, 5.74) is 0.951. The van der Waals surface area contributed by atoms with Crippen molar-refractivity contribution in [1.29, 1.82) is 0 Å². The molecule has 2 aromatic rings. The number of hydrogen-bond acceptors (Lipinski definition) is 3. The van der Waals surface area contributed by atoms with E-state index in [0.717, 1.165) is 0 Å². The summed E-state index contributed by atoms with van der Waals surface area (Å²) in [5.74, 6) is -0.954. The van der Waals surface area contributed by atoms with Crippen LogP contribution in [-0.4, -0.2) is 17.9 Å². The molecular weight excluding hydrogens is 382 g/mol. The maximum atomic E-state index is 13.6. The number of rotatable bonds is 4. The molecule has 0 saturated carbocycles. The predicted molar refractivity (Wildman–Crippen MR) is 97.1 cm³/mol. The molecule has 1 aliphatic rings. The first-order valence-electron chi connectivity index (χ1n) is 7.85. The topological polar surface area (TPSA) is 67.4 Å². The Morgan fingerprint density at radius 3 is 2.81 bits per heavy atom. The summed E-state index contributed by atoms with van der Waals surface area (Å²) in [6, 6.07) is 8.85. The van der Waals surface area contributed by atoms with Crippen molar-refractivity contribution < 1.29 is 18.7 Å². The van der Waals surface area contributed by atoms with Crippen LogP contribution in [0.15, 0.2) is 36.4 Å². The van der Waals surface area contributed by atoms with Gasteiger partial charge in [-0.05, 0) is 36.8 Å². The highest BCUT2D eigenvalue weighted by atomic mass is 35.5. The minimum Gasteiger partial charge on any atom is -0.478 e. The SMILES string of the molecule is C[C@H](NC(=O)C[C@@H]1Oc2ccccc2NC1=O)c1cc(F)c(Cl)cc1Cl. The van der Waals surface area contributed by atoms with Gasteiger partial charge in [0.15, 0.2) is 6.10 Å². The second kappa shape index (κ2) is 7.51. The molecular formula is C18H15Cl2FN2O3. The highest BCUT2D eigenvalue weighted by molar-refractivity contribution is 6.35. The molecule has 0 fully saturated rings. The molecule has 0 aromatic heterocycles. The van der Waals surface area contributed by atoms with E-state index in [-0.39, 0.29) is 16.5 Å². The molecule has 0 aliphatic carbocycles. The zero-order valence-corrected chi connectivity index (χ0v) is 15.2. The van der Waals surface area contributed by atoms with Gasteiger partial charge in [0, 0.05) is 5.02 Å². The van der Waals surface area contributed by atoms with Crippen molar-refractivity contribution >= 4 is 40.7 Å². The number of nitrogens with one attached hydrogen (secondary N) is 2. The van der Waals surface area contributed by atoms with Crippen LogP contribution < -0.4 is 15.4 Å². The number of anilines is 1. The van der Waals surface area contributed by atoms with Gasteiger partial charge >= 0.3 is 0 Å². The average molecular weight is 397 g/mol. The van der Waals surface area contributed by atoms with Gasteiger partial charge in [0.25, 0.3) is 5.91 Å². The minimum atomic E-state index is -0.950. The molecule has 136 valence electrons. The number of ether oxygens (including phenoxy) is 1. The van der Waals surface area contributed by atoms with Gasteiger partial charge in [-0.3, -0.25) is 9.59 Å². The molecule has 3 rings (SSSR count). The van der Waals surface area contributed by atoms with Crippen LogP contribution in [0.3, 0.4) is 0 Å². The van der Waals surface area contributed by atoms with Crippen molar-refractivity contribution in [3.63, 3.8) is 0 Å². The summed E-state index contributed by atoms with van der Waals surface area (Å²) in [4.78, 5) is 24.4. The van der Waals surface area contributed by atoms with E-state index in [9.17, 15) is 14.0 Å². The van der Waals surface area contributed by atoms with Crippen LogP contribution in [0.1, 0.15) is 24.9 Å². The van der Waals surface area contributed by atoms with Crippen molar-refractivity contribution in [1.82, 2.24) is 5.32 Å². The number of benzene rings is 2. The fraction of sp³-hybridized carbons (Fsp3) is 0.222.